The van der Waals surface area contributed by atoms with Gasteiger partial charge < -0.3 is 20.7 Å². The highest BCUT2D eigenvalue weighted by Crippen LogP contribution is 2.08. The zero-order chi connectivity index (χ0) is 24.5. The molecule has 0 aliphatic carbocycles. The van der Waals surface area contributed by atoms with Crippen LogP contribution in [0.25, 0.3) is 0 Å². The summed E-state index contributed by atoms with van der Waals surface area (Å²) < 4.78 is 5.22. The molecule has 10 nitrogen and oxygen atoms in total. The van der Waals surface area contributed by atoms with Crippen LogP contribution in [-0.2, 0) is 38.6 Å². The van der Waals surface area contributed by atoms with Crippen molar-refractivity contribution in [2.45, 2.75) is 51.8 Å². The third-order valence-corrected chi connectivity index (χ3v) is 5.34. The first-order valence-corrected chi connectivity index (χ1v) is 11.2. The van der Waals surface area contributed by atoms with Gasteiger partial charge in [0.25, 0.3) is 5.91 Å². The van der Waals surface area contributed by atoms with Gasteiger partial charge in [-0.3, -0.25) is 14.4 Å². The smallest absolute Gasteiger partial charge is 0.408 e. The molecule has 0 radical (unpaired) electrons. The Labute approximate surface area is 197 Å². The van der Waals surface area contributed by atoms with Crippen molar-refractivity contribution in [1.29, 1.82) is 0 Å². The molecule has 2 atom stereocenters. The standard InChI is InChI=1S/C24H29N5O5/c1-15(2)20(29-24(33)34-14-16-7-4-3-5-8-16)22(31)28-18-13-19-25-12-10-17(27-19)9-6-11-26-23(32)21(18)30/h3-5,7-8,10,12,15,18,20H,6,9,11,13-14H2,1-2H3,(H,26,32)(H,28,31)(H,29,33). The summed E-state index contributed by atoms with van der Waals surface area (Å²) in [6, 6.07) is 8.76. The van der Waals surface area contributed by atoms with Gasteiger partial charge in [0.05, 0.1) is 0 Å². The van der Waals surface area contributed by atoms with E-state index < -0.39 is 35.8 Å². The molecule has 0 spiro atoms. The number of fused-ring (bicyclic) bond motifs is 2. The summed E-state index contributed by atoms with van der Waals surface area (Å²) in [6.07, 6.45) is 2.03. The van der Waals surface area contributed by atoms with Crippen LogP contribution < -0.4 is 16.0 Å². The number of hydrogen-bond donors (Lipinski definition) is 3. The predicted molar refractivity (Wildman–Crippen MR) is 122 cm³/mol. The summed E-state index contributed by atoms with van der Waals surface area (Å²) in [5.74, 6) is -2.14. The Bertz CT molecular complexity index is 1030. The quantitative estimate of drug-likeness (QED) is 0.540. The number of carbonyl (C=O) groups is 4. The van der Waals surface area contributed by atoms with Crippen molar-refractivity contribution in [1.82, 2.24) is 25.9 Å². The number of nitrogens with one attached hydrogen (secondary N) is 3. The Balaban J connectivity index is 1.69. The Morgan fingerprint density at radius 2 is 1.94 bits per heavy atom. The minimum atomic E-state index is -1.18. The molecule has 2 unspecified atom stereocenters. The highest BCUT2D eigenvalue weighted by molar-refractivity contribution is 6.38. The molecule has 3 amide bonds. The number of rotatable bonds is 6. The van der Waals surface area contributed by atoms with Gasteiger partial charge in [0.15, 0.2) is 0 Å². The van der Waals surface area contributed by atoms with Crippen molar-refractivity contribution in [3.63, 3.8) is 0 Å². The van der Waals surface area contributed by atoms with Gasteiger partial charge in [-0.05, 0) is 30.4 Å². The topological polar surface area (TPSA) is 139 Å². The number of nitrogens with zero attached hydrogens (tertiary/aromatic N) is 2. The molecule has 1 aliphatic rings. The van der Waals surface area contributed by atoms with E-state index >= 15 is 0 Å². The summed E-state index contributed by atoms with van der Waals surface area (Å²) in [5, 5.41) is 7.74. The summed E-state index contributed by atoms with van der Waals surface area (Å²) in [5.41, 5.74) is 1.60. The zero-order valence-corrected chi connectivity index (χ0v) is 19.2. The lowest BCUT2D eigenvalue weighted by Gasteiger charge is -2.24. The monoisotopic (exact) mass is 467 g/mol. The largest absolute Gasteiger partial charge is 0.445 e. The lowest BCUT2D eigenvalue weighted by Crippen LogP contribution is -2.56. The van der Waals surface area contributed by atoms with Crippen LogP contribution in [0, 0.1) is 5.92 Å². The molecular formula is C24H29N5O5. The maximum absolute atomic E-state index is 13.1. The van der Waals surface area contributed by atoms with Crippen LogP contribution in [0.2, 0.25) is 0 Å². The molecule has 2 heterocycles. The van der Waals surface area contributed by atoms with E-state index in [-0.39, 0.29) is 18.9 Å². The number of aromatic nitrogens is 2. The Morgan fingerprint density at radius 3 is 2.68 bits per heavy atom. The Hall–Kier alpha value is -3.82. The fourth-order valence-electron chi connectivity index (χ4n) is 3.48. The van der Waals surface area contributed by atoms with Crippen molar-refractivity contribution >= 4 is 23.7 Å². The molecule has 10 heteroatoms. The zero-order valence-electron chi connectivity index (χ0n) is 19.2. The second-order valence-electron chi connectivity index (χ2n) is 8.38. The first-order chi connectivity index (χ1) is 16.3. The molecule has 0 fully saturated rings. The normalized spacial score (nSPS) is 17.2. The number of aryl methyl sites for hydroxylation is 1. The summed E-state index contributed by atoms with van der Waals surface area (Å²) in [4.78, 5) is 59.1. The first-order valence-electron chi connectivity index (χ1n) is 11.2. The van der Waals surface area contributed by atoms with Crippen molar-refractivity contribution in [3.8, 4) is 0 Å². The lowest BCUT2D eigenvalue weighted by atomic mass is 10.0. The molecule has 3 N–H and O–H groups in total. The van der Waals surface area contributed by atoms with Crippen LogP contribution in [0.3, 0.4) is 0 Å². The molecule has 1 aromatic carbocycles. The second kappa shape index (κ2) is 11.9. The molecule has 2 aromatic rings. The van der Waals surface area contributed by atoms with Gasteiger partial charge in [-0.15, -0.1) is 0 Å². The highest BCUT2D eigenvalue weighted by atomic mass is 16.5. The van der Waals surface area contributed by atoms with Crippen LogP contribution in [0.5, 0.6) is 0 Å². The number of carbonyl (C=O) groups excluding carboxylic acids is 4. The van der Waals surface area contributed by atoms with Crippen LogP contribution in [-0.4, -0.2) is 52.3 Å². The minimum absolute atomic E-state index is 0.0465. The van der Waals surface area contributed by atoms with E-state index in [1.54, 1.807) is 26.1 Å². The Morgan fingerprint density at radius 1 is 1.18 bits per heavy atom. The van der Waals surface area contributed by atoms with Crippen molar-refractivity contribution in [2.24, 2.45) is 5.92 Å². The molecule has 1 aromatic heterocycles. The number of ether oxygens (including phenoxy) is 1. The number of benzene rings is 1. The van der Waals surface area contributed by atoms with Crippen LogP contribution in [0.15, 0.2) is 42.6 Å². The number of hydrogen-bond acceptors (Lipinski definition) is 7. The van der Waals surface area contributed by atoms with E-state index in [9.17, 15) is 19.2 Å². The molecule has 2 bridgehead atoms. The maximum atomic E-state index is 13.1. The summed E-state index contributed by atoms with van der Waals surface area (Å²) >= 11 is 0. The third kappa shape index (κ3) is 7.09. The van der Waals surface area contributed by atoms with Gasteiger partial charge in [-0.2, -0.15) is 0 Å². The van der Waals surface area contributed by atoms with E-state index in [1.165, 1.54) is 0 Å². The molecule has 180 valence electrons. The van der Waals surface area contributed by atoms with Crippen LogP contribution in [0.4, 0.5) is 4.79 Å². The van der Waals surface area contributed by atoms with Gasteiger partial charge in [-0.1, -0.05) is 44.2 Å². The SMILES string of the molecule is CC(C)C(NC(=O)OCc1ccccc1)C(=O)NC1Cc2nccc(n2)CCCNC(=O)C1=O. The van der Waals surface area contributed by atoms with Gasteiger partial charge in [-0.25, -0.2) is 14.8 Å². The molecule has 3 rings (SSSR count). The van der Waals surface area contributed by atoms with E-state index in [2.05, 4.69) is 25.9 Å². The highest BCUT2D eigenvalue weighted by Gasteiger charge is 2.32. The number of ketones is 1. The van der Waals surface area contributed by atoms with Crippen molar-refractivity contribution in [2.75, 3.05) is 6.54 Å². The molecule has 0 saturated heterocycles. The lowest BCUT2D eigenvalue weighted by molar-refractivity contribution is -0.140. The average Bonchev–Trinajstić information content (AvgIpc) is 2.84. The van der Waals surface area contributed by atoms with Crippen molar-refractivity contribution in [3.05, 3.63) is 59.7 Å². The molecule has 1 aliphatic heterocycles. The van der Waals surface area contributed by atoms with E-state index in [1.807, 2.05) is 30.3 Å². The van der Waals surface area contributed by atoms with E-state index in [0.717, 1.165) is 11.3 Å². The second-order valence-corrected chi connectivity index (χ2v) is 8.38. The fourth-order valence-corrected chi connectivity index (χ4v) is 3.48. The number of alkyl carbamates (subject to hydrolysis) is 1. The Kier molecular flexibility index (Phi) is 8.66. The van der Waals surface area contributed by atoms with Gasteiger partial charge in [0.2, 0.25) is 11.7 Å². The van der Waals surface area contributed by atoms with Crippen molar-refractivity contribution < 1.29 is 23.9 Å². The number of amides is 3. The third-order valence-electron chi connectivity index (χ3n) is 5.34. The summed E-state index contributed by atoms with van der Waals surface area (Å²) in [6.45, 7) is 3.86. The number of Topliss-reactive ketones (excluding diaryl/α,β-unsaturated/α-hetero) is 1. The molecule has 0 saturated carbocycles. The van der Waals surface area contributed by atoms with E-state index in [4.69, 9.17) is 4.74 Å². The predicted octanol–water partition coefficient (Wildman–Crippen LogP) is 1.09. The maximum Gasteiger partial charge on any atom is 0.408 e. The van der Waals surface area contributed by atoms with E-state index in [0.29, 0.717) is 25.2 Å². The summed E-state index contributed by atoms with van der Waals surface area (Å²) in [7, 11) is 0. The van der Waals surface area contributed by atoms with Crippen LogP contribution in [0.1, 0.15) is 37.4 Å². The fraction of sp³-hybridized carbons (Fsp3) is 0.417. The van der Waals surface area contributed by atoms with Gasteiger partial charge in [0.1, 0.15) is 24.5 Å². The average molecular weight is 468 g/mol. The van der Waals surface area contributed by atoms with Gasteiger partial charge >= 0.3 is 6.09 Å². The molecule has 34 heavy (non-hydrogen) atoms. The first kappa shape index (κ1) is 24.8. The minimum Gasteiger partial charge on any atom is -0.445 e. The molecular weight excluding hydrogens is 438 g/mol. The van der Waals surface area contributed by atoms with Gasteiger partial charge in [0, 0.05) is 24.9 Å². The van der Waals surface area contributed by atoms with Crippen LogP contribution >= 0.6 is 0 Å².